The van der Waals surface area contributed by atoms with Crippen molar-refractivity contribution < 1.29 is 18.0 Å². The average Bonchev–Trinajstić information content (AvgIpc) is 2.94. The molecule has 1 aromatic heterocycles. The summed E-state index contributed by atoms with van der Waals surface area (Å²) in [5, 5.41) is 0.734. The van der Waals surface area contributed by atoms with Crippen molar-refractivity contribution in [3.63, 3.8) is 0 Å². The minimum Gasteiger partial charge on any atom is -0.339 e. The van der Waals surface area contributed by atoms with Gasteiger partial charge in [-0.05, 0) is 61.2 Å². The molecule has 0 radical (unpaired) electrons. The number of fused-ring (bicyclic) bond motifs is 1. The molecular formula is C29H30N4O4S. The van der Waals surface area contributed by atoms with Gasteiger partial charge in [-0.1, -0.05) is 36.4 Å². The maximum Gasteiger partial charge on any atom is 0.264 e. The first-order chi connectivity index (χ1) is 18.3. The maximum atomic E-state index is 13.2. The van der Waals surface area contributed by atoms with E-state index in [-0.39, 0.29) is 16.7 Å². The highest BCUT2D eigenvalue weighted by atomic mass is 32.2. The lowest BCUT2D eigenvalue weighted by atomic mass is 10.0. The third-order valence-electron chi connectivity index (χ3n) is 6.95. The lowest BCUT2D eigenvalue weighted by Gasteiger charge is -2.35. The van der Waals surface area contributed by atoms with Crippen LogP contribution in [0, 0.1) is 6.92 Å². The summed E-state index contributed by atoms with van der Waals surface area (Å²) in [5.41, 5.74) is 2.97. The average molecular weight is 531 g/mol. The molecule has 0 saturated carbocycles. The number of benzene rings is 2. The second-order valence-corrected chi connectivity index (χ2v) is 11.2. The van der Waals surface area contributed by atoms with E-state index in [0.717, 1.165) is 23.8 Å². The van der Waals surface area contributed by atoms with Gasteiger partial charge in [0, 0.05) is 43.3 Å². The molecule has 1 aliphatic carbocycles. The summed E-state index contributed by atoms with van der Waals surface area (Å²) >= 11 is 0. The predicted molar refractivity (Wildman–Crippen MR) is 147 cm³/mol. The zero-order chi connectivity index (χ0) is 26.7. The summed E-state index contributed by atoms with van der Waals surface area (Å²) in [6, 6.07) is 13.5. The summed E-state index contributed by atoms with van der Waals surface area (Å²) in [7, 11) is -3.89. The van der Waals surface area contributed by atoms with Crippen LogP contribution >= 0.6 is 0 Å². The normalized spacial score (nSPS) is 15.9. The summed E-state index contributed by atoms with van der Waals surface area (Å²) in [4.78, 5) is 33.7. The molecule has 196 valence electrons. The van der Waals surface area contributed by atoms with Crippen molar-refractivity contribution in [3.8, 4) is 0 Å². The van der Waals surface area contributed by atoms with Gasteiger partial charge in [0.05, 0.1) is 17.6 Å². The number of amides is 2. The molecule has 9 heteroatoms. The standard InChI is InChI=1S/C29H30N4O4S/c1-21-19-24(29(35)33-17-15-32(16-18-33)27(34)20-22-7-3-2-4-8-22)12-13-25(21)31-38(36,37)26-11-5-9-23-10-6-14-30-28(23)26/h3,5-14,19,31H,2,4,15-18,20H2,1H3. The Kier molecular flexibility index (Phi) is 7.28. The topological polar surface area (TPSA) is 99.7 Å². The van der Waals surface area contributed by atoms with E-state index in [1.54, 1.807) is 48.4 Å². The van der Waals surface area contributed by atoms with Crippen LogP contribution in [-0.4, -0.2) is 61.2 Å². The number of hydrogen-bond donors (Lipinski definition) is 1. The number of allylic oxidation sites excluding steroid dienone is 3. The van der Waals surface area contributed by atoms with Gasteiger partial charge in [-0.15, -0.1) is 0 Å². The fourth-order valence-corrected chi connectivity index (χ4v) is 6.14. The molecule has 2 aliphatic rings. The smallest absolute Gasteiger partial charge is 0.264 e. The lowest BCUT2D eigenvalue weighted by molar-refractivity contribution is -0.131. The Labute approximate surface area is 222 Å². The highest BCUT2D eigenvalue weighted by Gasteiger charge is 2.26. The monoisotopic (exact) mass is 530 g/mol. The van der Waals surface area contributed by atoms with Crippen LogP contribution in [0.25, 0.3) is 10.9 Å². The van der Waals surface area contributed by atoms with E-state index in [0.29, 0.717) is 54.9 Å². The lowest BCUT2D eigenvalue weighted by Crippen LogP contribution is -2.50. The van der Waals surface area contributed by atoms with E-state index in [2.05, 4.69) is 21.9 Å². The molecule has 2 aromatic carbocycles. The molecule has 1 saturated heterocycles. The van der Waals surface area contributed by atoms with E-state index in [9.17, 15) is 18.0 Å². The van der Waals surface area contributed by atoms with Crippen LogP contribution in [0.3, 0.4) is 0 Å². The molecule has 2 heterocycles. The molecule has 1 fully saturated rings. The molecule has 5 rings (SSSR count). The first-order valence-corrected chi connectivity index (χ1v) is 14.2. The van der Waals surface area contributed by atoms with E-state index in [4.69, 9.17) is 0 Å². The highest BCUT2D eigenvalue weighted by Crippen LogP contribution is 2.26. The quantitative estimate of drug-likeness (QED) is 0.512. The number of nitrogens with one attached hydrogen (secondary N) is 1. The molecule has 0 bridgehead atoms. The molecule has 3 aromatic rings. The van der Waals surface area contributed by atoms with Gasteiger partial charge < -0.3 is 9.80 Å². The Hall–Kier alpha value is -3.98. The van der Waals surface area contributed by atoms with Gasteiger partial charge in [0.2, 0.25) is 5.91 Å². The predicted octanol–water partition coefficient (Wildman–Crippen LogP) is 4.29. The second-order valence-electron chi connectivity index (χ2n) is 9.57. The van der Waals surface area contributed by atoms with Crippen molar-refractivity contribution in [1.29, 1.82) is 0 Å². The van der Waals surface area contributed by atoms with Crippen molar-refractivity contribution in [3.05, 3.63) is 89.7 Å². The number of carbonyl (C=O) groups is 2. The minimum absolute atomic E-state index is 0.0868. The third-order valence-corrected chi connectivity index (χ3v) is 8.35. The van der Waals surface area contributed by atoms with E-state index in [1.165, 1.54) is 6.07 Å². The fraction of sp³-hybridized carbons (Fsp3) is 0.276. The van der Waals surface area contributed by atoms with Crippen LogP contribution in [-0.2, 0) is 14.8 Å². The molecule has 0 atom stereocenters. The zero-order valence-corrected chi connectivity index (χ0v) is 22.1. The first-order valence-electron chi connectivity index (χ1n) is 12.7. The Morgan fingerprint density at radius 2 is 1.74 bits per heavy atom. The van der Waals surface area contributed by atoms with Crippen molar-refractivity contribution >= 4 is 38.4 Å². The molecule has 0 unspecified atom stereocenters. The number of aromatic nitrogens is 1. The van der Waals surface area contributed by atoms with Crippen LogP contribution < -0.4 is 4.72 Å². The Balaban J connectivity index is 1.23. The summed E-state index contributed by atoms with van der Waals surface area (Å²) < 4.78 is 29.0. The van der Waals surface area contributed by atoms with Crippen LogP contribution in [0.4, 0.5) is 5.69 Å². The fourth-order valence-electron chi connectivity index (χ4n) is 4.83. The van der Waals surface area contributed by atoms with Gasteiger partial charge in [0.1, 0.15) is 4.90 Å². The third kappa shape index (κ3) is 5.47. The van der Waals surface area contributed by atoms with Crippen LogP contribution in [0.2, 0.25) is 0 Å². The molecule has 38 heavy (non-hydrogen) atoms. The molecule has 8 nitrogen and oxygen atoms in total. The van der Waals surface area contributed by atoms with Gasteiger partial charge in [0.25, 0.3) is 15.9 Å². The van der Waals surface area contributed by atoms with Crippen molar-refractivity contribution in [1.82, 2.24) is 14.8 Å². The molecule has 1 N–H and O–H groups in total. The number of aryl methyl sites for hydroxylation is 1. The Bertz CT molecular complexity index is 1550. The van der Waals surface area contributed by atoms with Crippen molar-refractivity contribution in [2.75, 3.05) is 30.9 Å². The number of carbonyl (C=O) groups excluding carboxylic acids is 2. The van der Waals surface area contributed by atoms with Crippen molar-refractivity contribution in [2.24, 2.45) is 0 Å². The Morgan fingerprint density at radius 1 is 0.974 bits per heavy atom. The molecule has 1 aliphatic heterocycles. The summed E-state index contributed by atoms with van der Waals surface area (Å²) in [6.45, 7) is 3.68. The summed E-state index contributed by atoms with van der Waals surface area (Å²) in [6.07, 6.45) is 10.2. The largest absolute Gasteiger partial charge is 0.339 e. The first kappa shape index (κ1) is 25.7. The minimum atomic E-state index is -3.89. The SMILES string of the molecule is Cc1cc(C(=O)N2CCN(C(=O)CC3=CCCC=C3)CC2)ccc1NS(=O)(=O)c1cccc2cccnc12. The van der Waals surface area contributed by atoms with E-state index < -0.39 is 10.0 Å². The van der Waals surface area contributed by atoms with Crippen molar-refractivity contribution in [2.45, 2.75) is 31.1 Å². The van der Waals surface area contributed by atoms with E-state index >= 15 is 0 Å². The number of hydrogen-bond acceptors (Lipinski definition) is 5. The van der Waals surface area contributed by atoms with Gasteiger partial charge in [-0.2, -0.15) is 0 Å². The van der Waals surface area contributed by atoms with E-state index in [1.807, 2.05) is 23.1 Å². The summed E-state index contributed by atoms with van der Waals surface area (Å²) in [5.74, 6) is -0.0467. The number of para-hydroxylation sites is 1. The second kappa shape index (κ2) is 10.8. The number of rotatable bonds is 6. The maximum absolute atomic E-state index is 13.2. The number of pyridine rings is 1. The molecular weight excluding hydrogens is 500 g/mol. The zero-order valence-electron chi connectivity index (χ0n) is 21.3. The van der Waals surface area contributed by atoms with Gasteiger partial charge in [-0.25, -0.2) is 8.42 Å². The molecule has 0 spiro atoms. The number of anilines is 1. The van der Waals surface area contributed by atoms with Gasteiger partial charge >= 0.3 is 0 Å². The van der Waals surface area contributed by atoms with Gasteiger partial charge in [-0.3, -0.25) is 19.3 Å². The van der Waals surface area contributed by atoms with Crippen LogP contribution in [0.5, 0.6) is 0 Å². The van der Waals surface area contributed by atoms with Gasteiger partial charge in [0.15, 0.2) is 0 Å². The highest BCUT2D eigenvalue weighted by molar-refractivity contribution is 7.93. The number of sulfonamides is 1. The van der Waals surface area contributed by atoms with Crippen LogP contribution in [0.15, 0.2) is 83.4 Å². The number of piperazine rings is 1. The number of nitrogens with zero attached hydrogens (tertiary/aromatic N) is 3. The molecule has 2 amide bonds. The van der Waals surface area contributed by atoms with Crippen LogP contribution in [0.1, 0.15) is 35.2 Å². The Morgan fingerprint density at radius 3 is 2.47 bits per heavy atom.